The number of nitrogens with zero attached hydrogens (tertiary/aromatic N) is 2. The van der Waals surface area contributed by atoms with E-state index in [0.717, 1.165) is 10.9 Å². The highest BCUT2D eigenvalue weighted by atomic mass is 79.9. The van der Waals surface area contributed by atoms with Crippen LogP contribution in [-0.2, 0) is 4.79 Å². The van der Waals surface area contributed by atoms with Gasteiger partial charge in [0, 0.05) is 17.1 Å². The molecule has 0 N–H and O–H groups in total. The van der Waals surface area contributed by atoms with Crippen LogP contribution in [0.2, 0.25) is 0 Å². The molecule has 0 aliphatic carbocycles. The first-order valence-corrected chi connectivity index (χ1v) is 4.80. The first-order valence-electron chi connectivity index (χ1n) is 3.88. The summed E-state index contributed by atoms with van der Waals surface area (Å²) < 4.78 is 0. The van der Waals surface area contributed by atoms with Crippen LogP contribution in [0.3, 0.4) is 0 Å². The fourth-order valence-corrected chi connectivity index (χ4v) is 1.63. The van der Waals surface area contributed by atoms with Gasteiger partial charge in [0.15, 0.2) is 0 Å². The van der Waals surface area contributed by atoms with Crippen molar-refractivity contribution in [1.29, 1.82) is 0 Å². The number of aromatic nitrogens is 1. The summed E-state index contributed by atoms with van der Waals surface area (Å²) in [5.41, 5.74) is 0.901. The van der Waals surface area contributed by atoms with Crippen molar-refractivity contribution in [1.82, 2.24) is 4.98 Å². The highest BCUT2D eigenvalue weighted by Gasteiger charge is 2.14. The van der Waals surface area contributed by atoms with Crippen LogP contribution in [0.4, 0.5) is 0 Å². The number of halogens is 1. The molecular weight excluding hydrogens is 232 g/mol. The highest BCUT2D eigenvalue weighted by Crippen LogP contribution is 2.04. The minimum atomic E-state index is -0.303. The predicted molar refractivity (Wildman–Crippen MR) is 51.9 cm³/mol. The van der Waals surface area contributed by atoms with E-state index in [0.29, 0.717) is 5.36 Å². The molecule has 0 bridgehead atoms. The number of hydrogen-bond donors (Lipinski definition) is 0. The summed E-state index contributed by atoms with van der Waals surface area (Å²) in [4.78, 5) is 19.0. The summed E-state index contributed by atoms with van der Waals surface area (Å²) in [7, 11) is 0. The third kappa shape index (κ3) is 1.42. The first kappa shape index (κ1) is 8.56. The van der Waals surface area contributed by atoms with E-state index in [2.05, 4.69) is 25.9 Å². The summed E-state index contributed by atoms with van der Waals surface area (Å²) in [6.45, 7) is 1.90. The van der Waals surface area contributed by atoms with Gasteiger partial charge in [-0.25, -0.2) is 4.99 Å². The van der Waals surface area contributed by atoms with Crippen molar-refractivity contribution < 1.29 is 4.79 Å². The maximum Gasteiger partial charge on any atom is 0.263 e. The molecule has 1 aromatic rings. The molecule has 2 heterocycles. The number of rotatable bonds is 0. The average molecular weight is 239 g/mol. The fourth-order valence-electron chi connectivity index (χ4n) is 1.27. The minimum absolute atomic E-state index is 0.155. The van der Waals surface area contributed by atoms with Crippen molar-refractivity contribution in [2.45, 2.75) is 11.8 Å². The van der Waals surface area contributed by atoms with Crippen LogP contribution in [0.1, 0.15) is 5.69 Å². The van der Waals surface area contributed by atoms with Crippen LogP contribution >= 0.6 is 15.9 Å². The van der Waals surface area contributed by atoms with Crippen molar-refractivity contribution in [3.8, 4) is 0 Å². The molecule has 13 heavy (non-hydrogen) atoms. The monoisotopic (exact) mass is 238 g/mol. The van der Waals surface area contributed by atoms with E-state index in [1.165, 1.54) is 0 Å². The predicted octanol–water partition coefficient (Wildman–Crippen LogP) is 0.0938. The summed E-state index contributed by atoms with van der Waals surface area (Å²) in [5, 5.41) is 1.66. The van der Waals surface area contributed by atoms with Crippen LogP contribution in [-0.4, -0.2) is 15.7 Å². The smallest absolute Gasteiger partial charge is 0.263 e. The second-order valence-corrected chi connectivity index (χ2v) is 3.83. The molecule has 1 atom stereocenters. The molecule has 0 spiro atoms. The maximum absolute atomic E-state index is 11.2. The number of pyridine rings is 1. The van der Waals surface area contributed by atoms with Crippen LogP contribution in [0.25, 0.3) is 6.08 Å². The van der Waals surface area contributed by atoms with Crippen molar-refractivity contribution in [3.63, 3.8) is 0 Å². The lowest BCUT2D eigenvalue weighted by atomic mass is 10.2. The van der Waals surface area contributed by atoms with Gasteiger partial charge in [-0.1, -0.05) is 22.0 Å². The van der Waals surface area contributed by atoms with E-state index in [1.54, 1.807) is 12.3 Å². The molecule has 1 amide bonds. The Hall–Kier alpha value is -1.03. The van der Waals surface area contributed by atoms with Crippen LogP contribution < -0.4 is 10.6 Å². The third-order valence-corrected chi connectivity index (χ3v) is 2.60. The number of amides is 1. The van der Waals surface area contributed by atoms with Crippen molar-refractivity contribution >= 4 is 27.9 Å². The van der Waals surface area contributed by atoms with Gasteiger partial charge in [-0.3, -0.25) is 9.78 Å². The van der Waals surface area contributed by atoms with E-state index in [1.807, 2.05) is 13.0 Å². The number of carbonyl (C=O) groups is 1. The first-order chi connectivity index (χ1) is 6.18. The van der Waals surface area contributed by atoms with Crippen molar-refractivity contribution in [3.05, 3.63) is 28.5 Å². The zero-order valence-corrected chi connectivity index (χ0v) is 8.58. The second-order valence-electron chi connectivity index (χ2n) is 2.85. The van der Waals surface area contributed by atoms with Gasteiger partial charge >= 0.3 is 0 Å². The van der Waals surface area contributed by atoms with Crippen molar-refractivity contribution in [2.24, 2.45) is 4.99 Å². The van der Waals surface area contributed by atoms with Gasteiger partial charge in [-0.2, -0.15) is 0 Å². The molecule has 2 rings (SSSR count). The van der Waals surface area contributed by atoms with Crippen molar-refractivity contribution in [2.75, 3.05) is 0 Å². The minimum Gasteiger partial charge on any atom is -0.271 e. The fraction of sp³-hybridized carbons (Fsp3) is 0.222. The summed E-state index contributed by atoms with van der Waals surface area (Å²) in [6.07, 6.45) is 3.50. The number of aryl methyl sites for hydroxylation is 1. The van der Waals surface area contributed by atoms with Gasteiger partial charge in [-0.05, 0) is 13.0 Å². The van der Waals surface area contributed by atoms with Gasteiger partial charge in [-0.15, -0.1) is 0 Å². The summed E-state index contributed by atoms with van der Waals surface area (Å²) >= 11 is 3.23. The van der Waals surface area contributed by atoms with Gasteiger partial charge < -0.3 is 0 Å². The van der Waals surface area contributed by atoms with E-state index in [-0.39, 0.29) is 10.7 Å². The average Bonchev–Trinajstić information content (AvgIpc) is 2.09. The molecule has 3 nitrogen and oxygen atoms in total. The molecule has 0 saturated heterocycles. The molecule has 1 aliphatic heterocycles. The highest BCUT2D eigenvalue weighted by molar-refractivity contribution is 9.10. The Bertz CT molecular complexity index is 481. The van der Waals surface area contributed by atoms with Gasteiger partial charge in [0.1, 0.15) is 4.83 Å². The Morgan fingerprint density at radius 3 is 3.08 bits per heavy atom. The van der Waals surface area contributed by atoms with E-state index in [4.69, 9.17) is 0 Å². The second kappa shape index (κ2) is 3.03. The molecule has 1 aromatic heterocycles. The standard InChI is InChI=1S/C9H7BrN2O/c1-5-6-4-7(10)9(13)12-8(6)2-3-11-5/h2-4,7H,1H3. The molecule has 0 aromatic carbocycles. The van der Waals surface area contributed by atoms with Gasteiger partial charge in [0.05, 0.1) is 5.36 Å². The van der Waals surface area contributed by atoms with E-state index < -0.39 is 0 Å². The number of hydrogen-bond acceptors (Lipinski definition) is 2. The van der Waals surface area contributed by atoms with Crippen LogP contribution in [0.15, 0.2) is 17.3 Å². The van der Waals surface area contributed by atoms with Crippen LogP contribution in [0.5, 0.6) is 0 Å². The lowest BCUT2D eigenvalue weighted by Gasteiger charge is -2.05. The molecule has 0 saturated carbocycles. The third-order valence-electron chi connectivity index (χ3n) is 1.95. The Morgan fingerprint density at radius 1 is 1.54 bits per heavy atom. The number of carbonyl (C=O) groups excluding carboxylic acids is 1. The lowest BCUT2D eigenvalue weighted by Crippen LogP contribution is -2.36. The quantitative estimate of drug-likeness (QED) is 0.602. The molecule has 4 heteroatoms. The maximum atomic E-state index is 11.2. The molecule has 0 radical (unpaired) electrons. The topological polar surface area (TPSA) is 42.3 Å². The molecule has 1 unspecified atom stereocenters. The zero-order valence-electron chi connectivity index (χ0n) is 6.99. The normalized spacial score (nSPS) is 20.2. The zero-order chi connectivity index (χ0) is 9.42. The Kier molecular flexibility index (Phi) is 2.00. The lowest BCUT2D eigenvalue weighted by molar-refractivity contribution is -0.116. The Labute approximate surface area is 83.3 Å². The van der Waals surface area contributed by atoms with Gasteiger partial charge in [0.2, 0.25) is 0 Å². The van der Waals surface area contributed by atoms with Gasteiger partial charge in [0.25, 0.3) is 5.91 Å². The van der Waals surface area contributed by atoms with E-state index >= 15 is 0 Å². The number of fused-ring (bicyclic) bond motifs is 1. The molecule has 66 valence electrons. The number of alkyl halides is 1. The molecular formula is C9H7BrN2O. The van der Waals surface area contributed by atoms with Crippen LogP contribution in [0, 0.1) is 6.92 Å². The largest absolute Gasteiger partial charge is 0.271 e. The molecule has 0 fully saturated rings. The SMILES string of the molecule is Cc1nccc2c1=CC(Br)C(=O)N=2. The molecule has 1 aliphatic rings. The Morgan fingerprint density at radius 2 is 2.31 bits per heavy atom. The van der Waals surface area contributed by atoms with E-state index in [9.17, 15) is 4.79 Å². The summed E-state index contributed by atoms with van der Waals surface area (Å²) in [6, 6.07) is 1.75. The Balaban J connectivity index is 2.84. The summed E-state index contributed by atoms with van der Waals surface area (Å²) in [5.74, 6) is -0.155.